The van der Waals surface area contributed by atoms with Crippen molar-refractivity contribution in [1.29, 1.82) is 0 Å². The lowest BCUT2D eigenvalue weighted by Crippen LogP contribution is -2.45. The first kappa shape index (κ1) is 31.7. The van der Waals surface area contributed by atoms with Crippen LogP contribution in [-0.4, -0.2) is 112 Å². The van der Waals surface area contributed by atoms with Crippen LogP contribution < -0.4 is 0 Å². The van der Waals surface area contributed by atoms with E-state index in [0.717, 1.165) is 0 Å². The Hall–Kier alpha value is -2.36. The number of aliphatic hydroxyl groups excluding tert-OH is 6. The Balaban J connectivity index is 3.27. The SMILES string of the molecule is O=C(O)C1C(O)CCC(O)CCC(O)C(C(=O)O)C(C(=O)O)C(O)CCC(O)CCC(O)C1C(=O)O. The van der Waals surface area contributed by atoms with Crippen LogP contribution in [0, 0.1) is 23.7 Å². The van der Waals surface area contributed by atoms with Gasteiger partial charge in [0.2, 0.25) is 0 Å². The fraction of sp³-hybridized carbons (Fsp3) is 0.818. The Labute approximate surface area is 206 Å². The number of hydrogen-bond acceptors (Lipinski definition) is 10. The maximum Gasteiger partial charge on any atom is 0.310 e. The van der Waals surface area contributed by atoms with Gasteiger partial charge in [-0.3, -0.25) is 19.2 Å². The summed E-state index contributed by atoms with van der Waals surface area (Å²) in [6, 6.07) is 0. The Morgan fingerprint density at radius 1 is 0.361 bits per heavy atom. The van der Waals surface area contributed by atoms with Crippen molar-refractivity contribution in [2.45, 2.75) is 88.0 Å². The summed E-state index contributed by atoms with van der Waals surface area (Å²) in [4.78, 5) is 47.0. The van der Waals surface area contributed by atoms with Crippen LogP contribution in [0.2, 0.25) is 0 Å². The smallest absolute Gasteiger partial charge is 0.310 e. The third-order valence-corrected chi connectivity index (χ3v) is 6.76. The molecule has 0 heterocycles. The van der Waals surface area contributed by atoms with Crippen LogP contribution in [0.4, 0.5) is 0 Å². The average molecular weight is 525 g/mol. The van der Waals surface area contributed by atoms with E-state index in [0.29, 0.717) is 0 Å². The molecule has 0 aromatic carbocycles. The van der Waals surface area contributed by atoms with E-state index in [1.807, 2.05) is 0 Å². The number of hydrogen-bond donors (Lipinski definition) is 10. The summed E-state index contributed by atoms with van der Waals surface area (Å²) >= 11 is 0. The Morgan fingerprint density at radius 3 is 0.667 bits per heavy atom. The molecule has 1 aliphatic carbocycles. The highest BCUT2D eigenvalue weighted by Gasteiger charge is 2.45. The van der Waals surface area contributed by atoms with Gasteiger partial charge in [0.05, 0.1) is 60.3 Å². The minimum absolute atomic E-state index is 0.276. The van der Waals surface area contributed by atoms with Gasteiger partial charge in [-0.15, -0.1) is 0 Å². The molecule has 0 amide bonds. The minimum Gasteiger partial charge on any atom is -0.481 e. The number of aliphatic carboxylic acids is 4. The lowest BCUT2D eigenvalue weighted by atomic mass is 9.78. The Kier molecular flexibility index (Phi) is 12.7. The zero-order valence-electron chi connectivity index (χ0n) is 19.5. The molecule has 14 nitrogen and oxygen atoms in total. The van der Waals surface area contributed by atoms with Crippen LogP contribution >= 0.6 is 0 Å². The second-order valence-corrected chi connectivity index (χ2v) is 9.34. The van der Waals surface area contributed by atoms with E-state index in [1.165, 1.54) is 0 Å². The maximum absolute atomic E-state index is 11.7. The van der Waals surface area contributed by atoms with Gasteiger partial charge in [-0.25, -0.2) is 0 Å². The van der Waals surface area contributed by atoms with Crippen molar-refractivity contribution in [2.24, 2.45) is 23.7 Å². The van der Waals surface area contributed by atoms with E-state index < -0.39 is 110 Å². The molecule has 0 bridgehead atoms. The third-order valence-electron chi connectivity index (χ3n) is 6.76. The van der Waals surface area contributed by atoms with Gasteiger partial charge < -0.3 is 51.1 Å². The van der Waals surface area contributed by atoms with E-state index in [2.05, 4.69) is 0 Å². The first-order chi connectivity index (χ1) is 16.7. The molecule has 1 rings (SSSR count). The second-order valence-electron chi connectivity index (χ2n) is 9.34. The van der Waals surface area contributed by atoms with Gasteiger partial charge >= 0.3 is 23.9 Å². The summed E-state index contributed by atoms with van der Waals surface area (Å²) in [6.45, 7) is 0. The molecule has 0 aromatic heterocycles. The van der Waals surface area contributed by atoms with Gasteiger partial charge in [-0.05, 0) is 51.4 Å². The molecule has 0 radical (unpaired) electrons. The lowest BCUT2D eigenvalue weighted by molar-refractivity contribution is -0.165. The minimum atomic E-state index is -1.94. The normalized spacial score (nSPS) is 38.3. The molecule has 10 N–H and O–H groups in total. The molecule has 0 aromatic rings. The summed E-state index contributed by atoms with van der Waals surface area (Å²) in [5.74, 6) is -14.5. The van der Waals surface area contributed by atoms with Gasteiger partial charge in [0.25, 0.3) is 0 Å². The predicted molar refractivity (Wildman–Crippen MR) is 117 cm³/mol. The van der Waals surface area contributed by atoms with E-state index in [1.54, 1.807) is 0 Å². The lowest BCUT2D eigenvalue weighted by Gasteiger charge is -2.31. The molecule has 8 atom stereocenters. The molecule has 36 heavy (non-hydrogen) atoms. The zero-order chi connectivity index (χ0) is 27.7. The number of rotatable bonds is 4. The average Bonchev–Trinajstić information content (AvgIpc) is 2.77. The van der Waals surface area contributed by atoms with Crippen molar-refractivity contribution in [3.05, 3.63) is 0 Å². The van der Waals surface area contributed by atoms with Crippen molar-refractivity contribution in [3.8, 4) is 0 Å². The van der Waals surface area contributed by atoms with Crippen LogP contribution in [0.15, 0.2) is 0 Å². The molecule has 208 valence electrons. The fourth-order valence-electron chi connectivity index (χ4n) is 4.69. The van der Waals surface area contributed by atoms with Crippen LogP contribution in [0.1, 0.15) is 51.4 Å². The molecule has 1 fully saturated rings. The molecular formula is C22H36O14. The molecule has 0 saturated heterocycles. The second kappa shape index (κ2) is 14.4. The van der Waals surface area contributed by atoms with Crippen molar-refractivity contribution >= 4 is 23.9 Å². The van der Waals surface area contributed by atoms with Gasteiger partial charge in [0.15, 0.2) is 0 Å². The maximum atomic E-state index is 11.7. The van der Waals surface area contributed by atoms with Crippen molar-refractivity contribution in [1.82, 2.24) is 0 Å². The van der Waals surface area contributed by atoms with E-state index in [-0.39, 0.29) is 25.7 Å². The highest BCUT2D eigenvalue weighted by molar-refractivity contribution is 5.81. The first-order valence-corrected chi connectivity index (χ1v) is 11.7. The molecule has 14 heteroatoms. The summed E-state index contributed by atoms with van der Waals surface area (Å²) in [5, 5.41) is 100. The van der Waals surface area contributed by atoms with Crippen LogP contribution in [0.25, 0.3) is 0 Å². The van der Waals surface area contributed by atoms with Crippen LogP contribution in [0.5, 0.6) is 0 Å². The van der Waals surface area contributed by atoms with Gasteiger partial charge in [0, 0.05) is 0 Å². The largest absolute Gasteiger partial charge is 0.481 e. The molecular weight excluding hydrogens is 488 g/mol. The quantitative estimate of drug-likeness (QED) is 0.192. The number of carboxylic acid groups (broad SMARTS) is 4. The standard InChI is InChI=1S/C22H36O14/c23-9-1-5-11(25)15(19(29)30)16(20(31)32)13(27)7-3-10(24)4-8-14(28)18(22(35)36)17(21(33)34)12(26)6-2-9/h9-18,23-28H,1-8H2,(H,29,30)(H,31,32)(H,33,34)(H,35,36). The zero-order valence-corrected chi connectivity index (χ0v) is 19.5. The highest BCUT2D eigenvalue weighted by Crippen LogP contribution is 2.30. The van der Waals surface area contributed by atoms with E-state index in [4.69, 9.17) is 0 Å². The van der Waals surface area contributed by atoms with Crippen LogP contribution in [0.3, 0.4) is 0 Å². The summed E-state index contributed by atoms with van der Waals surface area (Å²) in [6.07, 6.45) is -12.5. The number of aliphatic hydroxyl groups is 6. The molecule has 8 unspecified atom stereocenters. The fourth-order valence-corrected chi connectivity index (χ4v) is 4.69. The van der Waals surface area contributed by atoms with Crippen LogP contribution in [-0.2, 0) is 19.2 Å². The van der Waals surface area contributed by atoms with Gasteiger partial charge in [0.1, 0.15) is 0 Å². The Morgan fingerprint density at radius 2 is 0.528 bits per heavy atom. The number of carboxylic acids is 4. The topological polar surface area (TPSA) is 271 Å². The molecule has 1 saturated carbocycles. The summed E-state index contributed by atoms with van der Waals surface area (Å²) < 4.78 is 0. The Bertz CT molecular complexity index is 635. The van der Waals surface area contributed by atoms with E-state index >= 15 is 0 Å². The van der Waals surface area contributed by atoms with Gasteiger partial charge in [-0.1, -0.05) is 0 Å². The summed E-state index contributed by atoms with van der Waals surface area (Å²) in [5.41, 5.74) is 0. The van der Waals surface area contributed by atoms with Crippen molar-refractivity contribution in [3.63, 3.8) is 0 Å². The first-order valence-electron chi connectivity index (χ1n) is 11.7. The highest BCUT2D eigenvalue weighted by atomic mass is 16.4. The molecule has 0 aliphatic heterocycles. The molecule has 1 aliphatic rings. The van der Waals surface area contributed by atoms with E-state index in [9.17, 15) is 70.2 Å². The number of carbonyl (C=O) groups is 4. The molecule has 0 spiro atoms. The van der Waals surface area contributed by atoms with Crippen molar-refractivity contribution in [2.75, 3.05) is 0 Å². The van der Waals surface area contributed by atoms with Gasteiger partial charge in [-0.2, -0.15) is 0 Å². The monoisotopic (exact) mass is 524 g/mol. The summed E-state index contributed by atoms with van der Waals surface area (Å²) in [7, 11) is 0. The third kappa shape index (κ3) is 8.94. The predicted octanol–water partition coefficient (Wildman–Crippen LogP) is -1.91. The van der Waals surface area contributed by atoms with Crippen molar-refractivity contribution < 1.29 is 70.2 Å².